The van der Waals surface area contributed by atoms with E-state index in [0.29, 0.717) is 23.7 Å². The SMILES string of the molecule is CC(C)c1ccc([C@@H](C)N2Cc3nc(N)ncc3C2=O)cc1. The average molecular weight is 296 g/mol. The number of nitrogens with zero attached hydrogens (tertiary/aromatic N) is 3. The number of carbonyl (C=O) groups excluding carboxylic acids is 1. The molecular weight excluding hydrogens is 276 g/mol. The number of hydrogen-bond donors (Lipinski definition) is 1. The van der Waals surface area contributed by atoms with Gasteiger partial charge in [0, 0.05) is 6.20 Å². The summed E-state index contributed by atoms with van der Waals surface area (Å²) < 4.78 is 0. The summed E-state index contributed by atoms with van der Waals surface area (Å²) in [6.45, 7) is 6.85. The van der Waals surface area contributed by atoms with Crippen molar-refractivity contribution in [1.29, 1.82) is 0 Å². The van der Waals surface area contributed by atoms with Crippen molar-refractivity contribution in [2.45, 2.75) is 39.3 Å². The third kappa shape index (κ3) is 2.43. The molecule has 22 heavy (non-hydrogen) atoms. The van der Waals surface area contributed by atoms with Crippen LogP contribution in [0.15, 0.2) is 30.5 Å². The van der Waals surface area contributed by atoms with Crippen molar-refractivity contribution in [3.05, 3.63) is 52.8 Å². The zero-order chi connectivity index (χ0) is 15.9. The van der Waals surface area contributed by atoms with Gasteiger partial charge < -0.3 is 10.6 Å². The molecule has 0 saturated carbocycles. The Bertz CT molecular complexity index is 709. The van der Waals surface area contributed by atoms with E-state index < -0.39 is 0 Å². The van der Waals surface area contributed by atoms with Gasteiger partial charge in [-0.1, -0.05) is 38.1 Å². The van der Waals surface area contributed by atoms with Crippen molar-refractivity contribution in [2.75, 3.05) is 5.73 Å². The van der Waals surface area contributed by atoms with Gasteiger partial charge in [0.25, 0.3) is 5.91 Å². The van der Waals surface area contributed by atoms with Gasteiger partial charge in [0.2, 0.25) is 5.95 Å². The highest BCUT2D eigenvalue weighted by Gasteiger charge is 2.32. The number of nitrogen functional groups attached to an aromatic ring is 1. The standard InChI is InChI=1S/C17H20N4O/c1-10(2)12-4-6-13(7-5-12)11(3)21-9-15-14(16(21)22)8-19-17(18)20-15/h4-8,10-11H,9H2,1-3H3,(H2,18,19,20)/t11-/m1/s1. The van der Waals surface area contributed by atoms with Crippen LogP contribution in [0.4, 0.5) is 5.95 Å². The van der Waals surface area contributed by atoms with Crippen molar-refractivity contribution in [3.63, 3.8) is 0 Å². The van der Waals surface area contributed by atoms with Gasteiger partial charge in [0.05, 0.1) is 23.8 Å². The van der Waals surface area contributed by atoms with E-state index in [2.05, 4.69) is 48.1 Å². The molecule has 1 aliphatic heterocycles. The third-order valence-corrected chi connectivity index (χ3v) is 4.25. The maximum Gasteiger partial charge on any atom is 0.258 e. The fourth-order valence-electron chi connectivity index (χ4n) is 2.77. The Balaban J connectivity index is 1.84. The van der Waals surface area contributed by atoms with E-state index in [9.17, 15) is 4.79 Å². The minimum atomic E-state index is -0.0320. The van der Waals surface area contributed by atoms with E-state index in [-0.39, 0.29) is 17.9 Å². The number of anilines is 1. The van der Waals surface area contributed by atoms with Crippen molar-refractivity contribution in [2.24, 2.45) is 0 Å². The molecule has 1 atom stereocenters. The van der Waals surface area contributed by atoms with E-state index in [1.807, 2.05) is 11.8 Å². The van der Waals surface area contributed by atoms with Crippen LogP contribution < -0.4 is 5.73 Å². The number of nitrogens with two attached hydrogens (primary N) is 1. The van der Waals surface area contributed by atoms with Crippen molar-refractivity contribution >= 4 is 11.9 Å². The molecular formula is C17H20N4O. The largest absolute Gasteiger partial charge is 0.368 e. The minimum Gasteiger partial charge on any atom is -0.368 e. The lowest BCUT2D eigenvalue weighted by molar-refractivity contribution is 0.0715. The second-order valence-electron chi connectivity index (χ2n) is 6.02. The first-order valence-corrected chi connectivity index (χ1v) is 7.49. The van der Waals surface area contributed by atoms with Crippen LogP contribution >= 0.6 is 0 Å². The normalized spacial score (nSPS) is 15.3. The number of rotatable bonds is 3. The summed E-state index contributed by atoms with van der Waals surface area (Å²) in [4.78, 5) is 22.4. The Hall–Kier alpha value is -2.43. The van der Waals surface area contributed by atoms with Gasteiger partial charge in [-0.15, -0.1) is 0 Å². The van der Waals surface area contributed by atoms with Crippen LogP contribution in [0.1, 0.15) is 59.9 Å². The fourth-order valence-corrected chi connectivity index (χ4v) is 2.77. The van der Waals surface area contributed by atoms with Crippen LogP contribution in [0.5, 0.6) is 0 Å². The summed E-state index contributed by atoms with van der Waals surface area (Å²) in [5.74, 6) is 0.679. The van der Waals surface area contributed by atoms with Crippen molar-refractivity contribution in [3.8, 4) is 0 Å². The molecule has 0 fully saturated rings. The summed E-state index contributed by atoms with van der Waals surface area (Å²) in [5, 5.41) is 0. The molecule has 5 heteroatoms. The molecule has 5 nitrogen and oxygen atoms in total. The van der Waals surface area contributed by atoms with Crippen LogP contribution in [-0.4, -0.2) is 20.8 Å². The molecule has 1 amide bonds. The second-order valence-corrected chi connectivity index (χ2v) is 6.02. The van der Waals surface area contributed by atoms with Gasteiger partial charge in [0.15, 0.2) is 0 Å². The highest BCUT2D eigenvalue weighted by molar-refractivity contribution is 5.97. The van der Waals surface area contributed by atoms with Crippen LogP contribution in [0.25, 0.3) is 0 Å². The highest BCUT2D eigenvalue weighted by Crippen LogP contribution is 2.30. The van der Waals surface area contributed by atoms with Crippen molar-refractivity contribution < 1.29 is 4.79 Å². The minimum absolute atomic E-state index is 0.0101. The van der Waals surface area contributed by atoms with Crippen LogP contribution in [0.2, 0.25) is 0 Å². The Morgan fingerprint density at radius 1 is 1.14 bits per heavy atom. The Labute approximate surface area is 130 Å². The zero-order valence-corrected chi connectivity index (χ0v) is 13.1. The van der Waals surface area contributed by atoms with Gasteiger partial charge in [0.1, 0.15) is 0 Å². The monoisotopic (exact) mass is 296 g/mol. The number of amides is 1. The molecule has 0 unspecified atom stereocenters. The van der Waals surface area contributed by atoms with E-state index >= 15 is 0 Å². The Morgan fingerprint density at radius 3 is 2.41 bits per heavy atom. The maximum absolute atomic E-state index is 12.5. The fraction of sp³-hybridized carbons (Fsp3) is 0.353. The summed E-state index contributed by atoms with van der Waals surface area (Å²) in [6.07, 6.45) is 1.52. The van der Waals surface area contributed by atoms with E-state index in [0.717, 1.165) is 5.56 Å². The number of aromatic nitrogens is 2. The summed E-state index contributed by atoms with van der Waals surface area (Å²) in [6, 6.07) is 8.43. The average Bonchev–Trinajstić information content (AvgIpc) is 2.83. The van der Waals surface area contributed by atoms with E-state index in [4.69, 9.17) is 5.73 Å². The number of carbonyl (C=O) groups is 1. The number of fused-ring (bicyclic) bond motifs is 1. The maximum atomic E-state index is 12.5. The third-order valence-electron chi connectivity index (χ3n) is 4.25. The molecule has 0 saturated heterocycles. The first-order valence-electron chi connectivity index (χ1n) is 7.49. The van der Waals surface area contributed by atoms with Gasteiger partial charge in [-0.25, -0.2) is 9.97 Å². The zero-order valence-electron chi connectivity index (χ0n) is 13.1. The smallest absolute Gasteiger partial charge is 0.258 e. The van der Waals surface area contributed by atoms with E-state index in [1.165, 1.54) is 11.8 Å². The van der Waals surface area contributed by atoms with E-state index in [1.54, 1.807) is 0 Å². The summed E-state index contributed by atoms with van der Waals surface area (Å²) in [7, 11) is 0. The summed E-state index contributed by atoms with van der Waals surface area (Å²) in [5.41, 5.74) is 9.28. The van der Waals surface area contributed by atoms with Crippen LogP contribution in [-0.2, 0) is 6.54 Å². The molecule has 114 valence electrons. The molecule has 0 aliphatic carbocycles. The van der Waals surface area contributed by atoms with Gasteiger partial charge in [-0.3, -0.25) is 4.79 Å². The number of benzene rings is 1. The molecule has 0 spiro atoms. The Kier molecular flexibility index (Phi) is 3.56. The Morgan fingerprint density at radius 2 is 1.77 bits per heavy atom. The predicted molar refractivity (Wildman–Crippen MR) is 85.3 cm³/mol. The van der Waals surface area contributed by atoms with Crippen LogP contribution in [0.3, 0.4) is 0 Å². The molecule has 2 N–H and O–H groups in total. The molecule has 2 aromatic rings. The van der Waals surface area contributed by atoms with Crippen LogP contribution in [0, 0.1) is 0 Å². The molecule has 0 radical (unpaired) electrons. The first kappa shape index (κ1) is 14.5. The van der Waals surface area contributed by atoms with Gasteiger partial charge >= 0.3 is 0 Å². The highest BCUT2D eigenvalue weighted by atomic mass is 16.2. The predicted octanol–water partition coefficient (Wildman–Crippen LogP) is 2.90. The second kappa shape index (κ2) is 5.40. The topological polar surface area (TPSA) is 72.1 Å². The molecule has 3 rings (SSSR count). The molecule has 0 bridgehead atoms. The lowest BCUT2D eigenvalue weighted by Crippen LogP contribution is -2.27. The molecule has 1 aromatic heterocycles. The molecule has 1 aliphatic rings. The lowest BCUT2D eigenvalue weighted by Gasteiger charge is -2.24. The lowest BCUT2D eigenvalue weighted by atomic mass is 9.99. The number of hydrogen-bond acceptors (Lipinski definition) is 4. The van der Waals surface area contributed by atoms with Gasteiger partial charge in [-0.05, 0) is 24.0 Å². The quantitative estimate of drug-likeness (QED) is 0.945. The van der Waals surface area contributed by atoms with Crippen molar-refractivity contribution in [1.82, 2.24) is 14.9 Å². The summed E-state index contributed by atoms with van der Waals surface area (Å²) >= 11 is 0. The first-order chi connectivity index (χ1) is 10.5. The van der Waals surface area contributed by atoms with Gasteiger partial charge in [-0.2, -0.15) is 0 Å². The molecule has 1 aromatic carbocycles. The molecule has 2 heterocycles.